The number of aryl methyl sites for hydroxylation is 2. The molecule has 102 valence electrons. The lowest BCUT2D eigenvalue weighted by atomic mass is 10.1. The van der Waals surface area contributed by atoms with E-state index < -0.39 is 0 Å². The molecular weight excluding hydrogens is 276 g/mol. The van der Waals surface area contributed by atoms with E-state index in [1.54, 1.807) is 5.51 Å². The van der Waals surface area contributed by atoms with E-state index in [0.29, 0.717) is 10.8 Å². The van der Waals surface area contributed by atoms with E-state index in [4.69, 9.17) is 4.52 Å². The predicted octanol–water partition coefficient (Wildman–Crippen LogP) is 2.48. The molecule has 0 saturated carbocycles. The lowest BCUT2D eigenvalue weighted by Gasteiger charge is -2.00. The van der Waals surface area contributed by atoms with E-state index in [9.17, 15) is 4.79 Å². The molecule has 3 rings (SSSR count). The average Bonchev–Trinajstić information content (AvgIpc) is 3.00. The number of anilines is 1. The Morgan fingerprint density at radius 3 is 3.00 bits per heavy atom. The minimum absolute atomic E-state index is 0.148. The molecule has 0 spiro atoms. The standard InChI is InChI=1S/C13H12N4O2S/c1-7-3-8(2)12-9(4-7)10(17-19-12)5-11(18)15-13-16-14-6-20-13/h3-4,6H,5H2,1-2H3,(H,15,16,18). The van der Waals surface area contributed by atoms with Gasteiger partial charge in [-0.2, -0.15) is 0 Å². The quantitative estimate of drug-likeness (QED) is 0.800. The van der Waals surface area contributed by atoms with Gasteiger partial charge in [-0.05, 0) is 31.0 Å². The second-order valence-corrected chi connectivity index (χ2v) is 5.39. The van der Waals surface area contributed by atoms with E-state index in [1.807, 2.05) is 26.0 Å². The first-order valence-electron chi connectivity index (χ1n) is 6.05. The van der Waals surface area contributed by atoms with E-state index in [-0.39, 0.29) is 12.3 Å². The molecule has 0 aliphatic carbocycles. The van der Waals surface area contributed by atoms with Gasteiger partial charge in [-0.1, -0.05) is 22.6 Å². The van der Waals surface area contributed by atoms with Crippen LogP contribution in [0.25, 0.3) is 11.0 Å². The van der Waals surface area contributed by atoms with Crippen LogP contribution in [0, 0.1) is 13.8 Å². The maximum atomic E-state index is 11.9. The van der Waals surface area contributed by atoms with Crippen molar-refractivity contribution in [2.75, 3.05) is 5.32 Å². The lowest BCUT2D eigenvalue weighted by Crippen LogP contribution is -2.14. The van der Waals surface area contributed by atoms with Crippen LogP contribution in [0.1, 0.15) is 16.8 Å². The number of carbonyl (C=O) groups is 1. The number of amides is 1. The summed E-state index contributed by atoms with van der Waals surface area (Å²) in [7, 11) is 0. The third kappa shape index (κ3) is 2.39. The number of nitrogens with one attached hydrogen (secondary N) is 1. The minimum Gasteiger partial charge on any atom is -0.356 e. The fraction of sp³-hybridized carbons (Fsp3) is 0.231. The highest BCUT2D eigenvalue weighted by Crippen LogP contribution is 2.24. The second-order valence-electron chi connectivity index (χ2n) is 4.56. The van der Waals surface area contributed by atoms with Gasteiger partial charge in [0.15, 0.2) is 5.58 Å². The van der Waals surface area contributed by atoms with Gasteiger partial charge in [-0.3, -0.25) is 4.79 Å². The highest BCUT2D eigenvalue weighted by molar-refractivity contribution is 7.13. The van der Waals surface area contributed by atoms with Gasteiger partial charge in [-0.15, -0.1) is 10.2 Å². The normalized spacial score (nSPS) is 10.9. The monoisotopic (exact) mass is 288 g/mol. The topological polar surface area (TPSA) is 80.9 Å². The van der Waals surface area contributed by atoms with Crippen molar-refractivity contribution in [3.63, 3.8) is 0 Å². The molecule has 0 radical (unpaired) electrons. The molecule has 1 aromatic carbocycles. The molecule has 0 aliphatic rings. The first-order chi connectivity index (χ1) is 9.63. The molecule has 1 amide bonds. The molecule has 2 aromatic heterocycles. The summed E-state index contributed by atoms with van der Waals surface area (Å²) in [5.41, 5.74) is 5.06. The summed E-state index contributed by atoms with van der Waals surface area (Å²) in [6, 6.07) is 4.00. The van der Waals surface area contributed by atoms with E-state index in [1.165, 1.54) is 11.3 Å². The van der Waals surface area contributed by atoms with Crippen LogP contribution in [0.4, 0.5) is 5.13 Å². The summed E-state index contributed by atoms with van der Waals surface area (Å²) in [5.74, 6) is -0.184. The van der Waals surface area contributed by atoms with Crippen molar-refractivity contribution in [2.45, 2.75) is 20.3 Å². The van der Waals surface area contributed by atoms with E-state index in [0.717, 1.165) is 22.1 Å². The molecule has 7 heteroatoms. The Morgan fingerprint density at radius 1 is 1.40 bits per heavy atom. The number of hydrogen-bond donors (Lipinski definition) is 1. The summed E-state index contributed by atoms with van der Waals surface area (Å²) in [4.78, 5) is 11.9. The van der Waals surface area contributed by atoms with Crippen LogP contribution in [0.2, 0.25) is 0 Å². The van der Waals surface area contributed by atoms with Crippen LogP contribution >= 0.6 is 11.3 Å². The molecule has 20 heavy (non-hydrogen) atoms. The minimum atomic E-state index is -0.184. The molecule has 0 aliphatic heterocycles. The van der Waals surface area contributed by atoms with Crippen molar-refractivity contribution < 1.29 is 9.32 Å². The van der Waals surface area contributed by atoms with Crippen LogP contribution < -0.4 is 5.32 Å². The molecule has 2 heterocycles. The van der Waals surface area contributed by atoms with Gasteiger partial charge >= 0.3 is 0 Å². The van der Waals surface area contributed by atoms with Crippen molar-refractivity contribution in [1.29, 1.82) is 0 Å². The van der Waals surface area contributed by atoms with Crippen molar-refractivity contribution in [3.05, 3.63) is 34.5 Å². The SMILES string of the molecule is Cc1cc(C)c2onc(CC(=O)Nc3nncs3)c2c1. The third-order valence-corrected chi connectivity index (χ3v) is 3.52. The van der Waals surface area contributed by atoms with Gasteiger partial charge in [0.05, 0.1) is 6.42 Å². The summed E-state index contributed by atoms with van der Waals surface area (Å²) >= 11 is 1.27. The number of benzene rings is 1. The number of carbonyl (C=O) groups excluding carboxylic acids is 1. The van der Waals surface area contributed by atoms with Gasteiger partial charge in [0, 0.05) is 5.39 Å². The predicted molar refractivity (Wildman–Crippen MR) is 75.7 cm³/mol. The lowest BCUT2D eigenvalue weighted by molar-refractivity contribution is -0.115. The van der Waals surface area contributed by atoms with E-state index in [2.05, 4.69) is 20.7 Å². The number of nitrogens with zero attached hydrogens (tertiary/aromatic N) is 3. The Morgan fingerprint density at radius 2 is 2.25 bits per heavy atom. The fourth-order valence-electron chi connectivity index (χ4n) is 2.11. The van der Waals surface area contributed by atoms with Crippen molar-refractivity contribution in [1.82, 2.24) is 15.4 Å². The van der Waals surface area contributed by atoms with Crippen molar-refractivity contribution in [2.24, 2.45) is 0 Å². The van der Waals surface area contributed by atoms with Gasteiger partial charge in [-0.25, -0.2) is 0 Å². The Bertz CT molecular complexity index is 764. The van der Waals surface area contributed by atoms with Crippen molar-refractivity contribution in [3.8, 4) is 0 Å². The zero-order chi connectivity index (χ0) is 14.1. The van der Waals surface area contributed by atoms with Crippen molar-refractivity contribution >= 4 is 33.3 Å². The molecule has 1 N–H and O–H groups in total. The fourth-order valence-corrected chi connectivity index (χ4v) is 2.57. The first-order valence-corrected chi connectivity index (χ1v) is 6.93. The van der Waals surface area contributed by atoms with Crippen LogP contribution in [0.5, 0.6) is 0 Å². The maximum Gasteiger partial charge on any atom is 0.232 e. The molecule has 3 aromatic rings. The zero-order valence-corrected chi connectivity index (χ0v) is 11.8. The molecular formula is C13H12N4O2S. The highest BCUT2D eigenvalue weighted by Gasteiger charge is 2.15. The number of fused-ring (bicyclic) bond motifs is 1. The zero-order valence-electron chi connectivity index (χ0n) is 11.0. The van der Waals surface area contributed by atoms with Crippen LogP contribution in [-0.4, -0.2) is 21.3 Å². The summed E-state index contributed by atoms with van der Waals surface area (Å²) in [6.07, 6.45) is 0.148. The molecule has 0 atom stereocenters. The van der Waals surface area contributed by atoms with E-state index >= 15 is 0 Å². The molecule has 0 saturated heterocycles. The molecule has 0 bridgehead atoms. The average molecular weight is 288 g/mol. The summed E-state index contributed by atoms with van der Waals surface area (Å²) in [6.45, 7) is 3.97. The Balaban J connectivity index is 1.86. The second kappa shape index (κ2) is 5.01. The molecule has 6 nitrogen and oxygen atoms in total. The first kappa shape index (κ1) is 12.7. The summed E-state index contributed by atoms with van der Waals surface area (Å²) < 4.78 is 5.32. The Labute approximate surface area is 118 Å². The maximum absolute atomic E-state index is 11.9. The largest absolute Gasteiger partial charge is 0.356 e. The smallest absolute Gasteiger partial charge is 0.232 e. The highest BCUT2D eigenvalue weighted by atomic mass is 32.1. The van der Waals surface area contributed by atoms with Gasteiger partial charge < -0.3 is 9.84 Å². The van der Waals surface area contributed by atoms with Gasteiger partial charge in [0.25, 0.3) is 0 Å². The number of rotatable bonds is 3. The Hall–Kier alpha value is -2.28. The van der Waals surface area contributed by atoms with Crippen LogP contribution in [0.15, 0.2) is 22.2 Å². The van der Waals surface area contributed by atoms with Crippen LogP contribution in [0.3, 0.4) is 0 Å². The summed E-state index contributed by atoms with van der Waals surface area (Å²) in [5, 5.41) is 15.5. The number of aromatic nitrogens is 3. The third-order valence-electron chi connectivity index (χ3n) is 2.91. The number of hydrogen-bond acceptors (Lipinski definition) is 6. The van der Waals surface area contributed by atoms with Gasteiger partial charge in [0.1, 0.15) is 11.2 Å². The van der Waals surface area contributed by atoms with Crippen LogP contribution in [-0.2, 0) is 11.2 Å². The van der Waals surface area contributed by atoms with Gasteiger partial charge in [0.2, 0.25) is 11.0 Å². The molecule has 0 unspecified atom stereocenters. The Kier molecular flexibility index (Phi) is 3.19. The molecule has 0 fully saturated rings.